The Hall–Kier alpha value is -2.73. The van der Waals surface area contributed by atoms with Crippen molar-refractivity contribution in [3.05, 3.63) is 54.4 Å². The van der Waals surface area contributed by atoms with E-state index in [0.29, 0.717) is 5.69 Å². The molecule has 1 saturated carbocycles. The van der Waals surface area contributed by atoms with Crippen LogP contribution in [0.4, 0.5) is 28.0 Å². The summed E-state index contributed by atoms with van der Waals surface area (Å²) in [6.45, 7) is 0.237. The number of carbonyl (C=O) groups is 1. The van der Waals surface area contributed by atoms with E-state index in [1.54, 1.807) is 24.5 Å². The summed E-state index contributed by atoms with van der Waals surface area (Å²) in [7, 11) is -4.25. The minimum atomic E-state index is -4.51. The third kappa shape index (κ3) is 6.39. The van der Waals surface area contributed by atoms with Gasteiger partial charge in [-0.1, -0.05) is 6.07 Å². The van der Waals surface area contributed by atoms with Gasteiger partial charge >= 0.3 is 12.2 Å². The maximum Gasteiger partial charge on any atom is 0.391 e. The van der Waals surface area contributed by atoms with E-state index in [2.05, 4.69) is 20.3 Å². The molecule has 1 fully saturated rings. The van der Waals surface area contributed by atoms with E-state index >= 15 is 0 Å². The van der Waals surface area contributed by atoms with Crippen molar-refractivity contribution in [1.82, 2.24) is 15.0 Å². The molecular formula is C20H22F4N4O3S. The van der Waals surface area contributed by atoms with Crippen molar-refractivity contribution in [3.63, 3.8) is 0 Å². The summed E-state index contributed by atoms with van der Waals surface area (Å²) in [5, 5.41) is 5.14. The number of anilines is 1. The Bertz CT molecular complexity index is 1020. The Balaban J connectivity index is 1.58. The molecule has 0 radical (unpaired) electrons. The molecule has 2 aromatic rings. The zero-order chi connectivity index (χ0) is 23.4. The van der Waals surface area contributed by atoms with Crippen molar-refractivity contribution < 1.29 is 30.8 Å². The summed E-state index contributed by atoms with van der Waals surface area (Å²) >= 11 is 0. The fourth-order valence-electron chi connectivity index (χ4n) is 3.40. The highest BCUT2D eigenvalue weighted by molar-refractivity contribution is 7.89. The number of amides is 2. The smallest absolute Gasteiger partial charge is 0.334 e. The number of alkyl halides is 4. The summed E-state index contributed by atoms with van der Waals surface area (Å²) < 4.78 is 80.1. The number of benzene rings is 1. The van der Waals surface area contributed by atoms with Crippen LogP contribution in [0.25, 0.3) is 0 Å². The Kier molecular flexibility index (Phi) is 7.34. The number of nitrogens with one attached hydrogen (secondary N) is 3. The van der Waals surface area contributed by atoms with Crippen molar-refractivity contribution >= 4 is 21.7 Å². The second-order valence-corrected chi connectivity index (χ2v) is 9.20. The van der Waals surface area contributed by atoms with E-state index in [0.717, 1.165) is 5.56 Å². The Morgan fingerprint density at radius 1 is 1.12 bits per heavy atom. The molecule has 0 bridgehead atoms. The van der Waals surface area contributed by atoms with Gasteiger partial charge in [-0.2, -0.15) is 13.2 Å². The van der Waals surface area contributed by atoms with Crippen LogP contribution in [-0.2, 0) is 16.6 Å². The highest BCUT2D eigenvalue weighted by Crippen LogP contribution is 2.38. The largest absolute Gasteiger partial charge is 0.391 e. The summed E-state index contributed by atoms with van der Waals surface area (Å²) in [5.41, 5.74) is 1.09. The highest BCUT2D eigenvalue weighted by Gasteiger charge is 2.46. The van der Waals surface area contributed by atoms with Gasteiger partial charge in [0.2, 0.25) is 10.0 Å². The van der Waals surface area contributed by atoms with Gasteiger partial charge in [-0.3, -0.25) is 4.98 Å². The molecule has 7 nitrogen and oxygen atoms in total. The van der Waals surface area contributed by atoms with Gasteiger partial charge in [0, 0.05) is 24.6 Å². The molecule has 3 atom stereocenters. The Labute approximate surface area is 182 Å². The lowest BCUT2D eigenvalue weighted by molar-refractivity contribution is -0.186. The third-order valence-corrected chi connectivity index (χ3v) is 6.64. The van der Waals surface area contributed by atoms with Gasteiger partial charge in [-0.25, -0.2) is 22.3 Å². The maximum absolute atomic E-state index is 14.1. The van der Waals surface area contributed by atoms with Crippen LogP contribution in [0.5, 0.6) is 0 Å². The van der Waals surface area contributed by atoms with Crippen LogP contribution in [0.3, 0.4) is 0 Å². The maximum atomic E-state index is 14.1. The zero-order valence-corrected chi connectivity index (χ0v) is 17.6. The number of aromatic nitrogens is 1. The van der Waals surface area contributed by atoms with Gasteiger partial charge in [0.1, 0.15) is 6.17 Å². The second-order valence-electron chi connectivity index (χ2n) is 7.49. The van der Waals surface area contributed by atoms with Crippen molar-refractivity contribution in [3.8, 4) is 0 Å². The molecule has 2 amide bonds. The molecule has 3 unspecified atom stereocenters. The van der Waals surface area contributed by atoms with E-state index in [-0.39, 0.29) is 24.3 Å². The minimum absolute atomic E-state index is 0.237. The van der Waals surface area contributed by atoms with Gasteiger partial charge in [0.25, 0.3) is 0 Å². The van der Waals surface area contributed by atoms with E-state index in [1.165, 1.54) is 24.3 Å². The van der Waals surface area contributed by atoms with Gasteiger partial charge < -0.3 is 10.6 Å². The standard InChI is InChI=1S/C20H22F4N4O3S/c21-17-8-3-14(20(22,23)24)10-18(17)28-32(30,31)16-6-4-15(5-7-16)27-19(29)26-12-13-2-1-9-25-11-13/h1-2,4-7,9,11,14,17-18,28H,3,8,10,12H2,(H2,26,27,29). The average Bonchev–Trinajstić information content (AvgIpc) is 2.74. The first-order chi connectivity index (χ1) is 15.0. The first-order valence-electron chi connectivity index (χ1n) is 9.81. The minimum Gasteiger partial charge on any atom is -0.334 e. The van der Waals surface area contributed by atoms with Gasteiger partial charge in [-0.15, -0.1) is 0 Å². The number of hydrogen-bond acceptors (Lipinski definition) is 4. The first kappa shape index (κ1) is 23.9. The summed E-state index contributed by atoms with van der Waals surface area (Å²) in [4.78, 5) is 15.6. The molecule has 3 rings (SSSR count). The molecule has 12 heteroatoms. The summed E-state index contributed by atoms with van der Waals surface area (Å²) in [5.74, 6) is -1.75. The number of hydrogen-bond donors (Lipinski definition) is 3. The van der Waals surface area contributed by atoms with Gasteiger partial charge in [0.15, 0.2) is 0 Å². The van der Waals surface area contributed by atoms with Gasteiger partial charge in [-0.05, 0) is 55.2 Å². The summed E-state index contributed by atoms with van der Waals surface area (Å²) in [6.07, 6.45) is -4.40. The van der Waals surface area contributed by atoms with Crippen LogP contribution in [-0.4, -0.2) is 37.8 Å². The molecular weight excluding hydrogens is 452 g/mol. The van der Waals surface area contributed by atoms with Crippen LogP contribution in [0.15, 0.2) is 53.7 Å². The topological polar surface area (TPSA) is 100 Å². The van der Waals surface area contributed by atoms with Crippen LogP contribution < -0.4 is 15.4 Å². The van der Waals surface area contributed by atoms with Crippen molar-refractivity contribution in [1.29, 1.82) is 0 Å². The molecule has 1 aromatic heterocycles. The number of urea groups is 1. The number of sulfonamides is 1. The molecule has 32 heavy (non-hydrogen) atoms. The molecule has 1 heterocycles. The molecule has 1 aliphatic carbocycles. The number of pyridine rings is 1. The number of nitrogens with zero attached hydrogens (tertiary/aromatic N) is 1. The van der Waals surface area contributed by atoms with Gasteiger partial charge in [0.05, 0.1) is 16.9 Å². The molecule has 0 saturated heterocycles. The SMILES string of the molecule is O=C(NCc1cccnc1)Nc1ccc(S(=O)(=O)NC2CC(C(F)(F)F)CCC2F)cc1. The lowest BCUT2D eigenvalue weighted by Gasteiger charge is -2.33. The van der Waals surface area contributed by atoms with Crippen LogP contribution in [0.1, 0.15) is 24.8 Å². The van der Waals surface area contributed by atoms with Crippen molar-refractivity contribution in [2.45, 2.75) is 49.1 Å². The van der Waals surface area contributed by atoms with E-state index in [9.17, 15) is 30.8 Å². The number of rotatable bonds is 6. The first-order valence-corrected chi connectivity index (χ1v) is 11.3. The lowest BCUT2D eigenvalue weighted by Crippen LogP contribution is -2.47. The Morgan fingerprint density at radius 2 is 1.84 bits per heavy atom. The van der Waals surface area contributed by atoms with Crippen LogP contribution in [0.2, 0.25) is 0 Å². The molecule has 174 valence electrons. The normalized spacial score (nSPS) is 21.7. The average molecular weight is 474 g/mol. The van der Waals surface area contributed by atoms with Crippen LogP contribution >= 0.6 is 0 Å². The van der Waals surface area contributed by atoms with E-state index < -0.39 is 46.8 Å². The zero-order valence-electron chi connectivity index (χ0n) is 16.8. The Morgan fingerprint density at radius 3 is 2.47 bits per heavy atom. The molecule has 0 aliphatic heterocycles. The summed E-state index contributed by atoms with van der Waals surface area (Å²) in [6, 6.07) is 6.52. The predicted molar refractivity (Wildman–Crippen MR) is 109 cm³/mol. The molecule has 0 spiro atoms. The molecule has 1 aromatic carbocycles. The lowest BCUT2D eigenvalue weighted by atomic mass is 9.84. The fourth-order valence-corrected chi connectivity index (χ4v) is 4.67. The highest BCUT2D eigenvalue weighted by atomic mass is 32.2. The monoisotopic (exact) mass is 474 g/mol. The molecule has 1 aliphatic rings. The fraction of sp³-hybridized carbons (Fsp3) is 0.400. The molecule has 3 N–H and O–H groups in total. The van der Waals surface area contributed by atoms with E-state index in [1.807, 2.05) is 0 Å². The number of carbonyl (C=O) groups excluding carboxylic acids is 1. The quantitative estimate of drug-likeness (QED) is 0.555. The number of halogens is 4. The van der Waals surface area contributed by atoms with Crippen molar-refractivity contribution in [2.75, 3.05) is 5.32 Å². The van der Waals surface area contributed by atoms with Crippen molar-refractivity contribution in [2.24, 2.45) is 5.92 Å². The van der Waals surface area contributed by atoms with Crippen LogP contribution in [0, 0.1) is 5.92 Å². The predicted octanol–water partition coefficient (Wildman–Crippen LogP) is 3.75. The van der Waals surface area contributed by atoms with E-state index in [4.69, 9.17) is 0 Å². The third-order valence-electron chi connectivity index (χ3n) is 5.13. The second kappa shape index (κ2) is 9.82.